The minimum Gasteiger partial charge on any atom is -0.459 e. The van der Waals surface area contributed by atoms with Crippen molar-refractivity contribution in [1.29, 1.82) is 0 Å². The van der Waals surface area contributed by atoms with Crippen LogP contribution in [0.5, 0.6) is 0 Å². The molecule has 1 heterocycles. The smallest absolute Gasteiger partial charge is 0.134 e. The number of rotatable bonds is 3. The van der Waals surface area contributed by atoms with Gasteiger partial charge in [0.1, 0.15) is 23.2 Å². The van der Waals surface area contributed by atoms with E-state index in [0.29, 0.717) is 21.8 Å². The lowest BCUT2D eigenvalue weighted by Crippen LogP contribution is -2.28. The van der Waals surface area contributed by atoms with Gasteiger partial charge in [0.2, 0.25) is 0 Å². The van der Waals surface area contributed by atoms with Crippen LogP contribution in [0.4, 0.5) is 4.39 Å². The number of furan rings is 1. The first kappa shape index (κ1) is 14.1. The maximum atomic E-state index is 13.3. The molecule has 0 saturated heterocycles. The predicted octanol–water partition coefficient (Wildman–Crippen LogP) is 4.09. The van der Waals surface area contributed by atoms with Gasteiger partial charge in [-0.3, -0.25) is 5.84 Å². The molecule has 1 aromatic heterocycles. The van der Waals surface area contributed by atoms with Gasteiger partial charge in [-0.1, -0.05) is 23.7 Å². The van der Waals surface area contributed by atoms with Gasteiger partial charge in [-0.05, 0) is 48.4 Å². The number of hydrogen-bond acceptors (Lipinski definition) is 3. The average molecular weight is 305 g/mol. The lowest BCUT2D eigenvalue weighted by Gasteiger charge is -2.15. The molecule has 21 heavy (non-hydrogen) atoms. The van der Waals surface area contributed by atoms with Gasteiger partial charge in [0.05, 0.1) is 0 Å². The summed E-state index contributed by atoms with van der Waals surface area (Å²) < 4.78 is 19.0. The summed E-state index contributed by atoms with van der Waals surface area (Å²) in [7, 11) is 0. The van der Waals surface area contributed by atoms with Crippen LogP contribution in [0.2, 0.25) is 5.02 Å². The molecule has 3 N–H and O–H groups in total. The van der Waals surface area contributed by atoms with Crippen molar-refractivity contribution in [3.8, 4) is 0 Å². The maximum Gasteiger partial charge on any atom is 0.134 e. The molecular weight excluding hydrogens is 291 g/mol. The second kappa shape index (κ2) is 5.48. The van der Waals surface area contributed by atoms with Gasteiger partial charge in [0, 0.05) is 10.4 Å². The first-order chi connectivity index (χ1) is 10.1. The number of fused-ring (bicyclic) bond motifs is 1. The topological polar surface area (TPSA) is 51.2 Å². The summed E-state index contributed by atoms with van der Waals surface area (Å²) in [6.07, 6.45) is 0. The van der Waals surface area contributed by atoms with Gasteiger partial charge in [-0.15, -0.1) is 0 Å². The van der Waals surface area contributed by atoms with E-state index in [0.717, 1.165) is 11.1 Å². The Morgan fingerprint density at radius 1 is 1.19 bits per heavy atom. The zero-order chi connectivity index (χ0) is 15.0. The number of halogens is 2. The molecule has 3 nitrogen and oxygen atoms in total. The average Bonchev–Trinajstić information content (AvgIpc) is 2.84. The van der Waals surface area contributed by atoms with E-state index in [1.54, 1.807) is 12.1 Å². The Bertz CT molecular complexity index is 800. The van der Waals surface area contributed by atoms with Crippen LogP contribution in [-0.2, 0) is 0 Å². The molecule has 0 radical (unpaired) electrons. The first-order valence-corrected chi connectivity index (χ1v) is 6.87. The third-order valence-corrected chi connectivity index (χ3v) is 3.74. The van der Waals surface area contributed by atoms with Crippen LogP contribution in [-0.4, -0.2) is 0 Å². The molecule has 1 unspecified atom stereocenters. The van der Waals surface area contributed by atoms with Crippen molar-refractivity contribution < 1.29 is 8.81 Å². The number of nitrogens with one attached hydrogen (secondary N) is 1. The van der Waals surface area contributed by atoms with Crippen LogP contribution in [0.15, 0.2) is 46.9 Å². The molecule has 1 atom stereocenters. The molecule has 0 fully saturated rings. The Kier molecular flexibility index (Phi) is 3.68. The highest BCUT2D eigenvalue weighted by Crippen LogP contribution is 2.32. The van der Waals surface area contributed by atoms with Gasteiger partial charge < -0.3 is 4.42 Å². The zero-order valence-electron chi connectivity index (χ0n) is 11.4. The number of hydrogen-bond donors (Lipinski definition) is 2. The second-order valence-electron chi connectivity index (χ2n) is 4.96. The summed E-state index contributed by atoms with van der Waals surface area (Å²) in [6.45, 7) is 1.96. The van der Waals surface area contributed by atoms with Gasteiger partial charge in [0.25, 0.3) is 0 Å². The minimum atomic E-state index is -0.395. The van der Waals surface area contributed by atoms with Gasteiger partial charge >= 0.3 is 0 Å². The van der Waals surface area contributed by atoms with Gasteiger partial charge in [-0.25, -0.2) is 9.82 Å². The van der Waals surface area contributed by atoms with E-state index in [9.17, 15) is 4.39 Å². The van der Waals surface area contributed by atoms with Crippen molar-refractivity contribution >= 4 is 22.6 Å². The Balaban J connectivity index is 2.09. The van der Waals surface area contributed by atoms with E-state index in [1.165, 1.54) is 12.1 Å². The van der Waals surface area contributed by atoms with Crippen molar-refractivity contribution in [2.45, 2.75) is 13.0 Å². The van der Waals surface area contributed by atoms with Crippen molar-refractivity contribution in [2.75, 3.05) is 0 Å². The van der Waals surface area contributed by atoms with E-state index in [1.807, 2.05) is 25.1 Å². The molecule has 3 aromatic rings. The molecule has 0 aliphatic heterocycles. The Hall–Kier alpha value is -1.88. The van der Waals surface area contributed by atoms with E-state index < -0.39 is 6.04 Å². The fourth-order valence-electron chi connectivity index (χ4n) is 2.37. The summed E-state index contributed by atoms with van der Waals surface area (Å²) in [5.74, 6) is 5.93. The highest BCUT2D eigenvalue weighted by Gasteiger charge is 2.20. The van der Waals surface area contributed by atoms with Crippen molar-refractivity contribution in [2.24, 2.45) is 5.84 Å². The van der Waals surface area contributed by atoms with Crippen LogP contribution >= 0.6 is 11.6 Å². The third kappa shape index (κ3) is 2.65. The van der Waals surface area contributed by atoms with E-state index in [2.05, 4.69) is 5.43 Å². The van der Waals surface area contributed by atoms with Crippen LogP contribution in [0, 0.1) is 12.7 Å². The van der Waals surface area contributed by atoms with Crippen molar-refractivity contribution in [1.82, 2.24) is 5.43 Å². The number of benzene rings is 2. The standard InChI is InChI=1S/C16H14ClFN2O/c1-9-2-4-12(13(17)6-9)16(20-19)15-8-10-7-11(18)3-5-14(10)21-15/h2-8,16,20H,19H2,1H3. The maximum absolute atomic E-state index is 13.3. The lowest BCUT2D eigenvalue weighted by atomic mass is 10.0. The summed E-state index contributed by atoms with van der Waals surface area (Å²) in [5, 5.41) is 1.29. The minimum absolute atomic E-state index is 0.305. The van der Waals surface area contributed by atoms with E-state index >= 15 is 0 Å². The molecular formula is C16H14ClFN2O. The molecule has 2 aromatic carbocycles. The highest BCUT2D eigenvalue weighted by atomic mass is 35.5. The van der Waals surface area contributed by atoms with Crippen LogP contribution in [0.1, 0.15) is 22.9 Å². The Labute approximate surface area is 126 Å². The molecule has 3 rings (SSSR count). The molecule has 0 spiro atoms. The summed E-state index contributed by atoms with van der Waals surface area (Å²) >= 11 is 6.28. The Morgan fingerprint density at radius 3 is 2.71 bits per heavy atom. The summed E-state index contributed by atoms with van der Waals surface area (Å²) in [4.78, 5) is 0. The molecule has 108 valence electrons. The van der Waals surface area contributed by atoms with Crippen LogP contribution in [0.3, 0.4) is 0 Å². The van der Waals surface area contributed by atoms with Crippen LogP contribution < -0.4 is 11.3 Å². The first-order valence-electron chi connectivity index (χ1n) is 6.49. The fourth-order valence-corrected chi connectivity index (χ4v) is 2.71. The van der Waals surface area contributed by atoms with Gasteiger partial charge in [-0.2, -0.15) is 0 Å². The molecule has 0 amide bonds. The van der Waals surface area contributed by atoms with E-state index in [4.69, 9.17) is 21.9 Å². The molecule has 0 aliphatic carbocycles. The zero-order valence-corrected chi connectivity index (χ0v) is 12.1. The predicted molar refractivity (Wildman–Crippen MR) is 81.5 cm³/mol. The van der Waals surface area contributed by atoms with Crippen molar-refractivity contribution in [3.63, 3.8) is 0 Å². The van der Waals surface area contributed by atoms with Crippen molar-refractivity contribution in [3.05, 3.63) is 70.2 Å². The number of hydrazine groups is 1. The molecule has 0 aliphatic rings. The SMILES string of the molecule is Cc1ccc(C(NN)c2cc3cc(F)ccc3o2)c(Cl)c1. The number of nitrogens with two attached hydrogens (primary N) is 1. The molecule has 0 bridgehead atoms. The third-order valence-electron chi connectivity index (χ3n) is 3.42. The second-order valence-corrected chi connectivity index (χ2v) is 5.36. The number of aryl methyl sites for hydroxylation is 1. The monoisotopic (exact) mass is 304 g/mol. The Morgan fingerprint density at radius 2 is 2.00 bits per heavy atom. The normalized spacial score (nSPS) is 12.8. The van der Waals surface area contributed by atoms with E-state index in [-0.39, 0.29) is 5.82 Å². The van der Waals surface area contributed by atoms with Crippen LogP contribution in [0.25, 0.3) is 11.0 Å². The summed E-state index contributed by atoms with van der Waals surface area (Å²) in [6, 6.07) is 11.5. The fraction of sp³-hybridized carbons (Fsp3) is 0.125. The lowest BCUT2D eigenvalue weighted by molar-refractivity contribution is 0.477. The molecule has 0 saturated carbocycles. The quantitative estimate of drug-likeness (QED) is 0.566. The molecule has 5 heteroatoms. The van der Waals surface area contributed by atoms with Gasteiger partial charge in [0.15, 0.2) is 0 Å². The highest BCUT2D eigenvalue weighted by molar-refractivity contribution is 6.31. The largest absolute Gasteiger partial charge is 0.459 e. The summed E-state index contributed by atoms with van der Waals surface area (Å²) in [5.41, 5.74) is 5.18.